The van der Waals surface area contributed by atoms with Crippen LogP contribution in [0.15, 0.2) is 24.4 Å². The van der Waals surface area contributed by atoms with Crippen LogP contribution in [-0.2, 0) is 7.05 Å². The largest absolute Gasteiger partial charge is 0.508 e. The van der Waals surface area contributed by atoms with E-state index in [4.69, 9.17) is 4.74 Å². The number of hydrogen-bond donors (Lipinski definition) is 2. The maximum Gasteiger partial charge on any atom is 0.121 e. The highest BCUT2D eigenvalue weighted by Gasteiger charge is 2.13. The lowest BCUT2D eigenvalue weighted by Gasteiger charge is -2.17. The van der Waals surface area contributed by atoms with Crippen LogP contribution in [0.3, 0.4) is 0 Å². The fourth-order valence-corrected chi connectivity index (χ4v) is 2.06. The molecule has 1 heterocycles. The van der Waals surface area contributed by atoms with Gasteiger partial charge < -0.3 is 15.2 Å². The summed E-state index contributed by atoms with van der Waals surface area (Å²) in [7, 11) is 3.49. The molecule has 1 aromatic heterocycles. The van der Waals surface area contributed by atoms with E-state index < -0.39 is 0 Å². The quantitative estimate of drug-likeness (QED) is 0.888. The van der Waals surface area contributed by atoms with Crippen LogP contribution in [0.2, 0.25) is 0 Å². The molecule has 0 saturated heterocycles. The standard InChI is InChI=1S/C14H19N3O2/c1-9(15-13-8-17(3)16-10(13)2)12-7-11(19-4)5-6-14(12)18/h5-9,15,18H,1-4H3. The predicted molar refractivity (Wildman–Crippen MR) is 74.6 cm³/mol. The van der Waals surface area contributed by atoms with Crippen molar-refractivity contribution in [2.45, 2.75) is 19.9 Å². The molecule has 1 aromatic carbocycles. The highest BCUT2D eigenvalue weighted by Crippen LogP contribution is 2.30. The SMILES string of the molecule is COc1ccc(O)c(C(C)Nc2cn(C)nc2C)c1. The Kier molecular flexibility index (Phi) is 3.64. The van der Waals surface area contributed by atoms with E-state index in [0.29, 0.717) is 0 Å². The summed E-state index contributed by atoms with van der Waals surface area (Å²) < 4.78 is 6.94. The molecule has 5 nitrogen and oxygen atoms in total. The first-order valence-corrected chi connectivity index (χ1v) is 6.15. The third kappa shape index (κ3) is 2.81. The summed E-state index contributed by atoms with van der Waals surface area (Å²) in [5, 5.41) is 17.6. The zero-order chi connectivity index (χ0) is 14.0. The summed E-state index contributed by atoms with van der Waals surface area (Å²) in [5.74, 6) is 0.978. The Labute approximate surface area is 112 Å². The minimum absolute atomic E-state index is 0.0435. The molecule has 2 N–H and O–H groups in total. The van der Waals surface area contributed by atoms with Crippen LogP contribution in [0.5, 0.6) is 11.5 Å². The molecule has 0 radical (unpaired) electrons. The Hall–Kier alpha value is -2.17. The molecule has 1 atom stereocenters. The highest BCUT2D eigenvalue weighted by atomic mass is 16.5. The maximum absolute atomic E-state index is 9.94. The number of benzene rings is 1. The van der Waals surface area contributed by atoms with E-state index in [1.54, 1.807) is 23.9 Å². The van der Waals surface area contributed by atoms with Gasteiger partial charge >= 0.3 is 0 Å². The number of ether oxygens (including phenoxy) is 1. The topological polar surface area (TPSA) is 59.3 Å². The minimum Gasteiger partial charge on any atom is -0.508 e. The summed E-state index contributed by atoms with van der Waals surface area (Å²) in [4.78, 5) is 0. The number of methoxy groups -OCH3 is 1. The summed E-state index contributed by atoms with van der Waals surface area (Å²) in [6.07, 6.45) is 1.92. The average Bonchev–Trinajstić information content (AvgIpc) is 2.68. The van der Waals surface area contributed by atoms with Gasteiger partial charge in [-0.1, -0.05) is 0 Å². The molecule has 0 aliphatic carbocycles. The molecule has 0 amide bonds. The van der Waals surface area contributed by atoms with Crippen molar-refractivity contribution in [2.24, 2.45) is 7.05 Å². The maximum atomic E-state index is 9.94. The van der Waals surface area contributed by atoms with Crippen LogP contribution in [-0.4, -0.2) is 22.0 Å². The smallest absolute Gasteiger partial charge is 0.121 e. The zero-order valence-corrected chi connectivity index (χ0v) is 11.6. The number of aryl methyl sites for hydroxylation is 2. The number of nitrogens with zero attached hydrogens (tertiary/aromatic N) is 2. The van der Waals surface area contributed by atoms with Crippen molar-refractivity contribution in [1.82, 2.24) is 9.78 Å². The van der Waals surface area contributed by atoms with Crippen molar-refractivity contribution in [3.8, 4) is 11.5 Å². The molecule has 0 aliphatic heterocycles. The number of phenolic OH excluding ortho intramolecular Hbond substituents is 1. The number of phenols is 1. The Bertz CT molecular complexity index is 578. The molecular weight excluding hydrogens is 242 g/mol. The van der Waals surface area contributed by atoms with Gasteiger partial charge in [0, 0.05) is 18.8 Å². The van der Waals surface area contributed by atoms with Gasteiger partial charge in [-0.3, -0.25) is 4.68 Å². The van der Waals surface area contributed by atoms with Crippen molar-refractivity contribution in [3.63, 3.8) is 0 Å². The molecule has 2 aromatic rings. The first kappa shape index (κ1) is 13.3. The highest BCUT2D eigenvalue weighted by molar-refractivity contribution is 5.50. The fourth-order valence-electron chi connectivity index (χ4n) is 2.06. The van der Waals surface area contributed by atoms with Crippen LogP contribution >= 0.6 is 0 Å². The van der Waals surface area contributed by atoms with Crippen molar-refractivity contribution in [3.05, 3.63) is 35.7 Å². The van der Waals surface area contributed by atoms with E-state index >= 15 is 0 Å². The normalized spacial score (nSPS) is 12.2. The lowest BCUT2D eigenvalue weighted by Crippen LogP contribution is -2.07. The van der Waals surface area contributed by atoms with Crippen molar-refractivity contribution in [2.75, 3.05) is 12.4 Å². The second kappa shape index (κ2) is 5.22. The second-order valence-corrected chi connectivity index (χ2v) is 4.59. The molecule has 19 heavy (non-hydrogen) atoms. The molecule has 0 bridgehead atoms. The first-order valence-electron chi connectivity index (χ1n) is 6.15. The molecule has 5 heteroatoms. The Morgan fingerprint density at radius 3 is 2.74 bits per heavy atom. The van der Waals surface area contributed by atoms with Crippen molar-refractivity contribution < 1.29 is 9.84 Å². The van der Waals surface area contributed by atoms with E-state index in [0.717, 1.165) is 22.7 Å². The predicted octanol–water partition coefficient (Wildman–Crippen LogP) is 2.62. The van der Waals surface area contributed by atoms with Gasteiger partial charge in [-0.2, -0.15) is 5.10 Å². The molecule has 1 unspecified atom stereocenters. The van der Waals surface area contributed by atoms with Gasteiger partial charge in [0.05, 0.1) is 24.5 Å². The Morgan fingerprint density at radius 2 is 2.16 bits per heavy atom. The number of aromatic nitrogens is 2. The summed E-state index contributed by atoms with van der Waals surface area (Å²) >= 11 is 0. The van der Waals surface area contributed by atoms with E-state index in [2.05, 4.69) is 10.4 Å². The van der Waals surface area contributed by atoms with E-state index in [9.17, 15) is 5.11 Å². The Morgan fingerprint density at radius 1 is 1.42 bits per heavy atom. The summed E-state index contributed by atoms with van der Waals surface area (Å²) in [6, 6.07) is 5.17. The number of nitrogens with one attached hydrogen (secondary N) is 1. The molecule has 0 saturated carbocycles. The molecule has 0 fully saturated rings. The minimum atomic E-state index is -0.0435. The fraction of sp³-hybridized carbons (Fsp3) is 0.357. The van der Waals surface area contributed by atoms with Crippen LogP contribution in [0, 0.1) is 6.92 Å². The molecule has 0 spiro atoms. The van der Waals surface area contributed by atoms with Crippen molar-refractivity contribution in [1.29, 1.82) is 0 Å². The average molecular weight is 261 g/mol. The van der Waals surface area contributed by atoms with Gasteiger partial charge in [0.1, 0.15) is 11.5 Å². The number of hydrogen-bond acceptors (Lipinski definition) is 4. The summed E-state index contributed by atoms with van der Waals surface area (Å²) in [5.41, 5.74) is 2.68. The number of aromatic hydroxyl groups is 1. The molecule has 102 valence electrons. The van der Waals surface area contributed by atoms with Crippen LogP contribution < -0.4 is 10.1 Å². The van der Waals surface area contributed by atoms with Gasteiger partial charge in [0.2, 0.25) is 0 Å². The lowest BCUT2D eigenvalue weighted by atomic mass is 10.1. The first-order chi connectivity index (χ1) is 9.01. The van der Waals surface area contributed by atoms with Gasteiger partial charge in [-0.15, -0.1) is 0 Å². The molecule has 0 aliphatic rings. The third-order valence-electron chi connectivity index (χ3n) is 3.09. The second-order valence-electron chi connectivity index (χ2n) is 4.59. The lowest BCUT2D eigenvalue weighted by molar-refractivity contribution is 0.410. The van der Waals surface area contributed by atoms with Gasteiger partial charge in [-0.25, -0.2) is 0 Å². The van der Waals surface area contributed by atoms with Crippen LogP contribution in [0.25, 0.3) is 0 Å². The molecular formula is C14H19N3O2. The van der Waals surface area contributed by atoms with E-state index in [1.165, 1.54) is 0 Å². The monoisotopic (exact) mass is 261 g/mol. The van der Waals surface area contributed by atoms with Gasteiger partial charge in [0.25, 0.3) is 0 Å². The number of anilines is 1. The van der Waals surface area contributed by atoms with Gasteiger partial charge in [-0.05, 0) is 32.0 Å². The Balaban J connectivity index is 2.24. The molecule has 2 rings (SSSR count). The summed E-state index contributed by atoms with van der Waals surface area (Å²) in [6.45, 7) is 3.93. The zero-order valence-electron chi connectivity index (χ0n) is 11.6. The van der Waals surface area contributed by atoms with Crippen molar-refractivity contribution >= 4 is 5.69 Å². The number of rotatable bonds is 4. The van der Waals surface area contributed by atoms with Gasteiger partial charge in [0.15, 0.2) is 0 Å². The van der Waals surface area contributed by atoms with E-state index in [-0.39, 0.29) is 11.8 Å². The van der Waals surface area contributed by atoms with Crippen LogP contribution in [0.1, 0.15) is 24.2 Å². The third-order valence-corrected chi connectivity index (χ3v) is 3.09. The van der Waals surface area contributed by atoms with Crippen LogP contribution in [0.4, 0.5) is 5.69 Å². The van der Waals surface area contributed by atoms with E-state index in [1.807, 2.05) is 33.2 Å².